The van der Waals surface area contributed by atoms with Crippen LogP contribution in [-0.4, -0.2) is 42.6 Å². The third-order valence-electron chi connectivity index (χ3n) is 3.39. The van der Waals surface area contributed by atoms with Crippen LogP contribution < -0.4 is 10.6 Å². The minimum Gasteiger partial charge on any atom is -0.479 e. The maximum Gasteiger partial charge on any atom is 0.334 e. The van der Waals surface area contributed by atoms with E-state index in [-0.39, 0.29) is 18.7 Å². The second-order valence-corrected chi connectivity index (χ2v) is 4.84. The number of amides is 2. The van der Waals surface area contributed by atoms with Gasteiger partial charge in [-0.2, -0.15) is 0 Å². The normalized spacial score (nSPS) is 18.1. The van der Waals surface area contributed by atoms with E-state index in [1.54, 1.807) is 0 Å². The average molecular weight is 310 g/mol. The highest BCUT2D eigenvalue weighted by molar-refractivity contribution is 6.01. The summed E-state index contributed by atoms with van der Waals surface area (Å²) in [5.41, 5.74) is 0.737. The lowest BCUT2D eigenvalue weighted by Gasteiger charge is -2.25. The van der Waals surface area contributed by atoms with Gasteiger partial charge in [-0.05, 0) is 17.7 Å². The molecule has 2 unspecified atom stereocenters. The molecule has 1 aromatic rings. The molecule has 0 bridgehead atoms. The number of rotatable bonds is 5. The number of ether oxygens (including phenoxy) is 1. The Morgan fingerprint density at radius 1 is 1.55 bits per heavy atom. The van der Waals surface area contributed by atoms with Gasteiger partial charge in [-0.3, -0.25) is 9.59 Å². The van der Waals surface area contributed by atoms with Crippen LogP contribution in [0.2, 0.25) is 0 Å². The van der Waals surface area contributed by atoms with Crippen molar-refractivity contribution >= 4 is 23.5 Å². The smallest absolute Gasteiger partial charge is 0.334 e. The van der Waals surface area contributed by atoms with Gasteiger partial charge in [0.05, 0.1) is 12.5 Å². The molecular weight excluding hydrogens is 295 g/mol. The number of anilines is 1. The van der Waals surface area contributed by atoms with Crippen LogP contribution in [0.15, 0.2) is 18.2 Å². The molecule has 0 aliphatic carbocycles. The predicted octanol–water partition coefficient (Wildman–Crippen LogP) is 0.467. The van der Waals surface area contributed by atoms with E-state index in [4.69, 9.17) is 9.84 Å². The summed E-state index contributed by atoms with van der Waals surface area (Å²) in [6.07, 6.45) is -1.26. The molecule has 1 aliphatic heterocycles. The minimum absolute atomic E-state index is 0.0881. The zero-order valence-electron chi connectivity index (χ0n) is 11.8. The number of benzene rings is 1. The molecular formula is C14H15FN2O5. The van der Waals surface area contributed by atoms with Crippen LogP contribution in [0.25, 0.3) is 0 Å². The molecule has 3 N–H and O–H groups in total. The highest BCUT2D eigenvalue weighted by Crippen LogP contribution is 2.32. The zero-order valence-corrected chi connectivity index (χ0v) is 11.8. The molecule has 1 heterocycles. The molecule has 0 radical (unpaired) electrons. The van der Waals surface area contributed by atoms with Crippen molar-refractivity contribution < 1.29 is 28.6 Å². The Kier molecular flexibility index (Phi) is 4.71. The van der Waals surface area contributed by atoms with Gasteiger partial charge in [0.1, 0.15) is 5.82 Å². The summed E-state index contributed by atoms with van der Waals surface area (Å²) in [5, 5.41) is 13.8. The van der Waals surface area contributed by atoms with E-state index >= 15 is 0 Å². The lowest BCUT2D eigenvalue weighted by molar-refractivity contribution is -0.148. The molecule has 1 aliphatic rings. The highest BCUT2D eigenvalue weighted by Gasteiger charge is 2.31. The summed E-state index contributed by atoms with van der Waals surface area (Å²) in [4.78, 5) is 34.6. The first-order valence-corrected chi connectivity index (χ1v) is 6.55. The van der Waals surface area contributed by atoms with E-state index in [0.29, 0.717) is 5.56 Å². The van der Waals surface area contributed by atoms with Crippen LogP contribution in [0.5, 0.6) is 0 Å². The third kappa shape index (κ3) is 3.40. The number of fused-ring (bicyclic) bond motifs is 1. The first-order valence-electron chi connectivity index (χ1n) is 6.55. The minimum atomic E-state index is -1.20. The van der Waals surface area contributed by atoms with Crippen LogP contribution in [0.4, 0.5) is 10.1 Å². The fourth-order valence-electron chi connectivity index (χ4n) is 2.26. The van der Waals surface area contributed by atoms with E-state index in [1.807, 2.05) is 0 Å². The monoisotopic (exact) mass is 310 g/mol. The van der Waals surface area contributed by atoms with Crippen molar-refractivity contribution in [2.75, 3.05) is 19.0 Å². The molecule has 0 spiro atoms. The van der Waals surface area contributed by atoms with Gasteiger partial charge < -0.3 is 20.5 Å². The lowest BCUT2D eigenvalue weighted by atomic mass is 9.89. The molecule has 2 atom stereocenters. The Balaban J connectivity index is 2.13. The van der Waals surface area contributed by atoms with Gasteiger partial charge in [-0.25, -0.2) is 9.18 Å². The number of carboxylic acid groups (broad SMARTS) is 1. The number of carbonyl (C=O) groups is 3. The third-order valence-corrected chi connectivity index (χ3v) is 3.39. The van der Waals surface area contributed by atoms with Crippen molar-refractivity contribution in [3.05, 3.63) is 29.6 Å². The maximum atomic E-state index is 13.2. The number of hydrogen-bond donors (Lipinski definition) is 3. The topological polar surface area (TPSA) is 105 Å². The Labute approximate surface area is 125 Å². The van der Waals surface area contributed by atoms with Gasteiger partial charge in [0.25, 0.3) is 0 Å². The molecule has 2 amide bonds. The van der Waals surface area contributed by atoms with Gasteiger partial charge in [-0.15, -0.1) is 0 Å². The van der Waals surface area contributed by atoms with Gasteiger partial charge in [0, 0.05) is 19.2 Å². The SMILES string of the molecule is COC(CNC(=O)C1CC(=O)Nc2cc(F)ccc21)C(=O)O. The van der Waals surface area contributed by atoms with Crippen LogP contribution in [-0.2, 0) is 19.1 Å². The van der Waals surface area contributed by atoms with Gasteiger partial charge in [-0.1, -0.05) is 6.07 Å². The molecule has 2 rings (SSSR count). The summed E-state index contributed by atoms with van der Waals surface area (Å²) < 4.78 is 17.9. The molecule has 8 heteroatoms. The molecule has 7 nitrogen and oxygen atoms in total. The number of aliphatic carboxylic acids is 1. The Morgan fingerprint density at radius 3 is 2.91 bits per heavy atom. The predicted molar refractivity (Wildman–Crippen MR) is 73.8 cm³/mol. The first kappa shape index (κ1) is 15.9. The largest absolute Gasteiger partial charge is 0.479 e. The summed E-state index contributed by atoms with van der Waals surface area (Å²) in [5.74, 6) is -3.43. The molecule has 22 heavy (non-hydrogen) atoms. The van der Waals surface area contributed by atoms with E-state index in [1.165, 1.54) is 19.2 Å². The summed E-state index contributed by atoms with van der Waals surface area (Å²) in [6.45, 7) is -0.223. The van der Waals surface area contributed by atoms with Crippen molar-refractivity contribution in [1.82, 2.24) is 5.32 Å². The standard InChI is InChI=1S/C14H15FN2O5/c1-22-11(14(20)21)6-16-13(19)9-5-12(18)17-10-4-7(15)2-3-8(9)10/h2-4,9,11H,5-6H2,1H3,(H,16,19)(H,17,18)(H,20,21). The van der Waals surface area contributed by atoms with Crippen LogP contribution in [0, 0.1) is 5.82 Å². The molecule has 0 fully saturated rings. The summed E-state index contributed by atoms with van der Waals surface area (Å²) in [7, 11) is 1.22. The molecule has 118 valence electrons. The zero-order chi connectivity index (χ0) is 16.3. The van der Waals surface area contributed by atoms with E-state index in [9.17, 15) is 18.8 Å². The number of nitrogens with one attached hydrogen (secondary N) is 2. The van der Waals surface area contributed by atoms with Gasteiger partial charge >= 0.3 is 5.97 Å². The van der Waals surface area contributed by atoms with E-state index in [2.05, 4.69) is 10.6 Å². The Morgan fingerprint density at radius 2 is 2.27 bits per heavy atom. The van der Waals surface area contributed by atoms with Crippen molar-refractivity contribution in [1.29, 1.82) is 0 Å². The van der Waals surface area contributed by atoms with Crippen molar-refractivity contribution in [2.45, 2.75) is 18.4 Å². The maximum absolute atomic E-state index is 13.2. The van der Waals surface area contributed by atoms with Crippen molar-refractivity contribution in [3.8, 4) is 0 Å². The van der Waals surface area contributed by atoms with Crippen LogP contribution in [0.1, 0.15) is 17.9 Å². The second kappa shape index (κ2) is 6.52. The first-order chi connectivity index (χ1) is 10.4. The fourth-order valence-corrected chi connectivity index (χ4v) is 2.26. The van der Waals surface area contributed by atoms with E-state index < -0.39 is 35.6 Å². The number of halogens is 1. The quantitative estimate of drug-likeness (QED) is 0.733. The van der Waals surface area contributed by atoms with Gasteiger partial charge in [0.15, 0.2) is 6.10 Å². The van der Waals surface area contributed by atoms with Crippen molar-refractivity contribution in [2.24, 2.45) is 0 Å². The molecule has 1 aromatic carbocycles. The number of carbonyl (C=O) groups excluding carboxylic acids is 2. The van der Waals surface area contributed by atoms with Crippen molar-refractivity contribution in [3.63, 3.8) is 0 Å². The van der Waals surface area contributed by atoms with Crippen LogP contribution in [0.3, 0.4) is 0 Å². The summed E-state index contributed by atoms with van der Waals surface area (Å²) in [6, 6.07) is 3.77. The molecule has 0 saturated carbocycles. The Hall–Kier alpha value is -2.48. The number of hydrogen-bond acceptors (Lipinski definition) is 4. The molecule has 0 saturated heterocycles. The lowest BCUT2D eigenvalue weighted by Crippen LogP contribution is -2.41. The van der Waals surface area contributed by atoms with Gasteiger partial charge in [0.2, 0.25) is 11.8 Å². The fraction of sp³-hybridized carbons (Fsp3) is 0.357. The Bertz CT molecular complexity index is 619. The molecule has 0 aromatic heterocycles. The van der Waals surface area contributed by atoms with Crippen LogP contribution >= 0.6 is 0 Å². The average Bonchev–Trinajstić information content (AvgIpc) is 2.45. The second-order valence-electron chi connectivity index (χ2n) is 4.84. The van der Waals surface area contributed by atoms with E-state index in [0.717, 1.165) is 6.07 Å². The highest BCUT2D eigenvalue weighted by atomic mass is 19.1. The summed E-state index contributed by atoms with van der Waals surface area (Å²) >= 11 is 0. The number of carboxylic acids is 1. The number of methoxy groups -OCH3 is 1.